The van der Waals surface area contributed by atoms with Gasteiger partial charge in [0.1, 0.15) is 0 Å². The SMILES string of the molecule is COCCN(CCN)Cc1cccc(C)n1. The molecule has 0 fully saturated rings. The molecule has 0 amide bonds. The van der Waals surface area contributed by atoms with Crippen LogP contribution in [-0.2, 0) is 11.3 Å². The lowest BCUT2D eigenvalue weighted by atomic mass is 10.3. The third kappa shape index (κ3) is 4.70. The van der Waals surface area contributed by atoms with Gasteiger partial charge in [0.15, 0.2) is 0 Å². The summed E-state index contributed by atoms with van der Waals surface area (Å²) in [6.45, 7) is 6.00. The van der Waals surface area contributed by atoms with Crippen molar-refractivity contribution in [2.24, 2.45) is 5.73 Å². The predicted molar refractivity (Wildman–Crippen MR) is 65.2 cm³/mol. The van der Waals surface area contributed by atoms with E-state index in [4.69, 9.17) is 10.5 Å². The van der Waals surface area contributed by atoms with Crippen molar-refractivity contribution < 1.29 is 4.74 Å². The molecule has 0 aromatic carbocycles. The Bertz CT molecular complexity index is 304. The van der Waals surface area contributed by atoms with Gasteiger partial charge in [-0.25, -0.2) is 0 Å². The molecule has 4 nitrogen and oxygen atoms in total. The molecule has 0 unspecified atom stereocenters. The van der Waals surface area contributed by atoms with Crippen molar-refractivity contribution in [2.75, 3.05) is 33.4 Å². The average molecular weight is 223 g/mol. The monoisotopic (exact) mass is 223 g/mol. The average Bonchev–Trinajstić information content (AvgIpc) is 2.26. The zero-order valence-electron chi connectivity index (χ0n) is 10.1. The minimum Gasteiger partial charge on any atom is -0.383 e. The molecular formula is C12H21N3O. The highest BCUT2D eigenvalue weighted by Gasteiger charge is 2.05. The van der Waals surface area contributed by atoms with Crippen molar-refractivity contribution in [2.45, 2.75) is 13.5 Å². The van der Waals surface area contributed by atoms with Crippen LogP contribution in [0.1, 0.15) is 11.4 Å². The van der Waals surface area contributed by atoms with E-state index in [0.717, 1.165) is 37.6 Å². The predicted octanol–water partition coefficient (Wildman–Crippen LogP) is 0.797. The number of rotatable bonds is 7. The highest BCUT2D eigenvalue weighted by Crippen LogP contribution is 2.02. The number of hydrogen-bond donors (Lipinski definition) is 1. The van der Waals surface area contributed by atoms with E-state index in [2.05, 4.69) is 9.88 Å². The Balaban J connectivity index is 2.52. The molecule has 0 saturated carbocycles. The summed E-state index contributed by atoms with van der Waals surface area (Å²) >= 11 is 0. The summed E-state index contributed by atoms with van der Waals surface area (Å²) in [7, 11) is 1.71. The topological polar surface area (TPSA) is 51.4 Å². The fraction of sp³-hybridized carbons (Fsp3) is 0.583. The van der Waals surface area contributed by atoms with Gasteiger partial charge >= 0.3 is 0 Å². The third-order valence-electron chi connectivity index (χ3n) is 2.39. The van der Waals surface area contributed by atoms with Crippen LogP contribution in [0.3, 0.4) is 0 Å². The number of nitrogens with two attached hydrogens (primary N) is 1. The molecule has 0 aliphatic heterocycles. The maximum Gasteiger partial charge on any atom is 0.0589 e. The summed E-state index contributed by atoms with van der Waals surface area (Å²) in [5.74, 6) is 0. The van der Waals surface area contributed by atoms with E-state index < -0.39 is 0 Å². The summed E-state index contributed by atoms with van der Waals surface area (Å²) in [4.78, 5) is 6.74. The fourth-order valence-corrected chi connectivity index (χ4v) is 1.59. The lowest BCUT2D eigenvalue weighted by Gasteiger charge is -2.20. The summed E-state index contributed by atoms with van der Waals surface area (Å²) in [5.41, 5.74) is 7.72. The van der Waals surface area contributed by atoms with E-state index in [0.29, 0.717) is 6.54 Å². The number of methoxy groups -OCH3 is 1. The van der Waals surface area contributed by atoms with Gasteiger partial charge < -0.3 is 10.5 Å². The van der Waals surface area contributed by atoms with Crippen molar-refractivity contribution in [1.82, 2.24) is 9.88 Å². The summed E-state index contributed by atoms with van der Waals surface area (Å²) < 4.78 is 5.08. The molecule has 1 rings (SSSR count). The molecule has 2 N–H and O–H groups in total. The Morgan fingerprint density at radius 2 is 2.19 bits per heavy atom. The smallest absolute Gasteiger partial charge is 0.0589 e. The number of pyridine rings is 1. The summed E-state index contributed by atoms with van der Waals surface area (Å²) in [6, 6.07) is 6.09. The second-order valence-electron chi connectivity index (χ2n) is 3.83. The first-order chi connectivity index (χ1) is 7.76. The normalized spacial score (nSPS) is 11.0. The van der Waals surface area contributed by atoms with Gasteiger partial charge in [0.2, 0.25) is 0 Å². The number of hydrogen-bond acceptors (Lipinski definition) is 4. The van der Waals surface area contributed by atoms with Crippen LogP contribution in [0.2, 0.25) is 0 Å². The highest BCUT2D eigenvalue weighted by molar-refractivity contribution is 5.09. The highest BCUT2D eigenvalue weighted by atomic mass is 16.5. The lowest BCUT2D eigenvalue weighted by molar-refractivity contribution is 0.145. The molecule has 0 aliphatic rings. The Kier molecular flexibility index (Phi) is 6.00. The fourth-order valence-electron chi connectivity index (χ4n) is 1.59. The zero-order chi connectivity index (χ0) is 11.8. The number of aryl methyl sites for hydroxylation is 1. The molecule has 0 atom stereocenters. The number of aromatic nitrogens is 1. The molecule has 1 aromatic rings. The van der Waals surface area contributed by atoms with E-state index in [9.17, 15) is 0 Å². The second-order valence-corrected chi connectivity index (χ2v) is 3.83. The van der Waals surface area contributed by atoms with Crippen LogP contribution < -0.4 is 5.73 Å². The van der Waals surface area contributed by atoms with Crippen molar-refractivity contribution in [3.63, 3.8) is 0 Å². The van der Waals surface area contributed by atoms with E-state index >= 15 is 0 Å². The molecule has 0 radical (unpaired) electrons. The molecular weight excluding hydrogens is 202 g/mol. The molecule has 16 heavy (non-hydrogen) atoms. The van der Waals surface area contributed by atoms with Crippen LogP contribution in [0.25, 0.3) is 0 Å². The molecule has 90 valence electrons. The molecule has 1 heterocycles. The van der Waals surface area contributed by atoms with Crippen LogP contribution in [0.15, 0.2) is 18.2 Å². The molecule has 1 aromatic heterocycles. The molecule has 0 aliphatic carbocycles. The van der Waals surface area contributed by atoms with E-state index in [1.54, 1.807) is 7.11 Å². The van der Waals surface area contributed by atoms with E-state index in [-0.39, 0.29) is 0 Å². The van der Waals surface area contributed by atoms with Gasteiger partial charge in [-0.3, -0.25) is 9.88 Å². The van der Waals surface area contributed by atoms with Gasteiger partial charge in [-0.05, 0) is 19.1 Å². The Labute approximate surface area is 97.4 Å². The van der Waals surface area contributed by atoms with Crippen LogP contribution >= 0.6 is 0 Å². The maximum atomic E-state index is 5.58. The number of nitrogens with zero attached hydrogens (tertiary/aromatic N) is 2. The van der Waals surface area contributed by atoms with Crippen LogP contribution in [0.4, 0.5) is 0 Å². The van der Waals surface area contributed by atoms with Gasteiger partial charge in [0.05, 0.1) is 12.3 Å². The summed E-state index contributed by atoms with van der Waals surface area (Å²) in [6.07, 6.45) is 0. The Hall–Kier alpha value is -0.970. The summed E-state index contributed by atoms with van der Waals surface area (Å²) in [5, 5.41) is 0. The first kappa shape index (κ1) is 13.1. The van der Waals surface area contributed by atoms with E-state index in [1.165, 1.54) is 0 Å². The third-order valence-corrected chi connectivity index (χ3v) is 2.39. The first-order valence-corrected chi connectivity index (χ1v) is 5.60. The van der Waals surface area contributed by atoms with Crippen molar-refractivity contribution in [3.05, 3.63) is 29.6 Å². The lowest BCUT2D eigenvalue weighted by Crippen LogP contribution is -2.32. The Morgan fingerprint density at radius 3 is 2.81 bits per heavy atom. The van der Waals surface area contributed by atoms with Gasteiger partial charge in [-0.1, -0.05) is 6.07 Å². The van der Waals surface area contributed by atoms with Gasteiger partial charge in [-0.15, -0.1) is 0 Å². The molecule has 4 heteroatoms. The quantitative estimate of drug-likeness (QED) is 0.743. The molecule has 0 saturated heterocycles. The van der Waals surface area contributed by atoms with Crippen molar-refractivity contribution in [1.29, 1.82) is 0 Å². The van der Waals surface area contributed by atoms with Gasteiger partial charge in [-0.2, -0.15) is 0 Å². The van der Waals surface area contributed by atoms with Crippen molar-refractivity contribution >= 4 is 0 Å². The largest absolute Gasteiger partial charge is 0.383 e. The zero-order valence-corrected chi connectivity index (χ0v) is 10.1. The Morgan fingerprint density at radius 1 is 1.38 bits per heavy atom. The standard InChI is InChI=1S/C12H21N3O/c1-11-4-3-5-12(14-11)10-15(7-6-13)8-9-16-2/h3-5H,6-10,13H2,1-2H3. The van der Waals surface area contributed by atoms with Crippen LogP contribution in [0.5, 0.6) is 0 Å². The second kappa shape index (κ2) is 7.33. The first-order valence-electron chi connectivity index (χ1n) is 5.60. The molecule has 0 spiro atoms. The number of ether oxygens (including phenoxy) is 1. The molecule has 0 bridgehead atoms. The van der Waals surface area contributed by atoms with Gasteiger partial charge in [0, 0.05) is 39.0 Å². The minimum absolute atomic E-state index is 0.662. The van der Waals surface area contributed by atoms with Gasteiger partial charge in [0.25, 0.3) is 0 Å². The van der Waals surface area contributed by atoms with E-state index in [1.807, 2.05) is 25.1 Å². The van der Waals surface area contributed by atoms with Crippen LogP contribution in [0, 0.1) is 6.92 Å². The van der Waals surface area contributed by atoms with Crippen molar-refractivity contribution in [3.8, 4) is 0 Å². The minimum atomic E-state index is 0.662. The van der Waals surface area contributed by atoms with Crippen LogP contribution in [-0.4, -0.2) is 43.2 Å². The maximum absolute atomic E-state index is 5.58.